The minimum atomic E-state index is -0.663. The number of aliphatic imine (C=N–C) groups is 4. The van der Waals surface area contributed by atoms with E-state index in [2.05, 4.69) is 82.0 Å². The Kier molecular flexibility index (Phi) is 6.54. The number of nitrogens with zero attached hydrogens (tertiary/aromatic N) is 4. The van der Waals surface area contributed by atoms with Gasteiger partial charge < -0.3 is 0 Å². The largest absolute Gasteiger partial charge is 0.251 e. The molecule has 0 aliphatic carbocycles. The molecule has 0 amide bonds. The van der Waals surface area contributed by atoms with Crippen molar-refractivity contribution in [1.29, 1.82) is 0 Å². The summed E-state index contributed by atoms with van der Waals surface area (Å²) >= 11 is 0. The Morgan fingerprint density at radius 3 is 1.61 bits per heavy atom. The van der Waals surface area contributed by atoms with E-state index < -0.39 is 5.28 Å². The van der Waals surface area contributed by atoms with Gasteiger partial charge in [0.2, 0.25) is 0 Å². The zero-order valence-electron chi connectivity index (χ0n) is 22.3. The van der Waals surface area contributed by atoms with Crippen LogP contribution in [0.1, 0.15) is 39.4 Å². The fourth-order valence-corrected chi connectivity index (χ4v) is 5.88. The first-order valence-electron chi connectivity index (χ1n) is 13.7. The number of amidine groups is 2. The monoisotopic (exact) mass is 546 g/mol. The van der Waals surface area contributed by atoms with E-state index in [4.69, 9.17) is 20.0 Å². The second-order valence-electron chi connectivity index (χ2n) is 10.1. The lowest BCUT2D eigenvalue weighted by Crippen LogP contribution is -2.25. The molecule has 0 saturated carbocycles. The summed E-state index contributed by atoms with van der Waals surface area (Å²) in [6.45, 7) is 0. The Morgan fingerprint density at radius 2 is 1.00 bits per heavy atom. The predicted octanol–water partition coefficient (Wildman–Crippen LogP) is 7.66. The van der Waals surface area contributed by atoms with Crippen LogP contribution in [0.2, 0.25) is 0 Å². The fourth-order valence-electron chi connectivity index (χ4n) is 5.33. The molecule has 2 aliphatic rings. The second-order valence-corrected chi connectivity index (χ2v) is 10.9. The van der Waals surface area contributed by atoms with E-state index in [1.54, 1.807) is 0 Å². The van der Waals surface area contributed by atoms with E-state index in [1.807, 2.05) is 72.8 Å². The number of hydrogen-bond donors (Lipinski definition) is 0. The van der Waals surface area contributed by atoms with Crippen LogP contribution in [0.25, 0.3) is 0 Å². The van der Waals surface area contributed by atoms with E-state index >= 15 is 0 Å². The second kappa shape index (κ2) is 10.6. The predicted molar refractivity (Wildman–Crippen MR) is 172 cm³/mol. The Hall–Kier alpha value is -4.79. The highest BCUT2D eigenvalue weighted by Crippen LogP contribution is 2.41. The Morgan fingerprint density at radius 1 is 0.488 bits per heavy atom. The molecule has 2 aliphatic heterocycles. The van der Waals surface area contributed by atoms with Crippen molar-refractivity contribution in [3.63, 3.8) is 0 Å². The molecule has 7 rings (SSSR count). The molecule has 2 heterocycles. The highest BCUT2D eigenvalue weighted by molar-refractivity contribution is 7.20. The molecule has 41 heavy (non-hydrogen) atoms. The van der Waals surface area contributed by atoms with Crippen molar-refractivity contribution in [2.75, 3.05) is 0 Å². The lowest BCUT2D eigenvalue weighted by atomic mass is 9.96. The molecule has 3 unspecified atom stereocenters. The molecule has 0 radical (unpaired) electrons. The molecule has 0 bridgehead atoms. The van der Waals surface area contributed by atoms with E-state index in [9.17, 15) is 0 Å². The summed E-state index contributed by atoms with van der Waals surface area (Å²) in [6, 6.07) is 49.4. The van der Waals surface area contributed by atoms with Crippen LogP contribution in [0.3, 0.4) is 0 Å². The normalized spacial score (nSPS) is 19.8. The van der Waals surface area contributed by atoms with Crippen LogP contribution in [0, 0.1) is 0 Å². The third kappa shape index (κ3) is 4.77. The van der Waals surface area contributed by atoms with Crippen molar-refractivity contribution < 1.29 is 0 Å². The Bertz CT molecular complexity index is 1810. The summed E-state index contributed by atoms with van der Waals surface area (Å²) in [6.07, 6.45) is 0. The molecule has 3 atom stereocenters. The van der Waals surface area contributed by atoms with E-state index in [-0.39, 0.29) is 6.04 Å². The Labute approximate surface area is 242 Å². The SMILES string of the molecule is PC1(c2ccccc2)N=C(c2ccc(C3=NC(c4ccccc4)C(c4ccccc4)=N3)cc2)N=C1c1ccccc1. The van der Waals surface area contributed by atoms with Crippen LogP contribution in [-0.2, 0) is 5.28 Å². The van der Waals surface area contributed by atoms with E-state index in [0.29, 0.717) is 5.84 Å². The molecule has 0 fully saturated rings. The van der Waals surface area contributed by atoms with Gasteiger partial charge in [0, 0.05) is 11.1 Å². The lowest BCUT2D eigenvalue weighted by Gasteiger charge is -2.23. The zero-order chi connectivity index (χ0) is 27.6. The third-order valence-electron chi connectivity index (χ3n) is 7.45. The van der Waals surface area contributed by atoms with Gasteiger partial charge >= 0.3 is 0 Å². The minimum absolute atomic E-state index is 0.144. The van der Waals surface area contributed by atoms with Gasteiger partial charge in [-0.25, -0.2) is 15.0 Å². The van der Waals surface area contributed by atoms with Crippen molar-refractivity contribution in [2.45, 2.75) is 11.3 Å². The highest BCUT2D eigenvalue weighted by Gasteiger charge is 2.38. The molecular weight excluding hydrogens is 519 g/mol. The molecule has 0 spiro atoms. The van der Waals surface area contributed by atoms with Gasteiger partial charge in [0.1, 0.15) is 11.3 Å². The maximum atomic E-state index is 5.17. The highest BCUT2D eigenvalue weighted by atomic mass is 31.0. The third-order valence-corrected chi connectivity index (χ3v) is 8.18. The van der Waals surface area contributed by atoms with Gasteiger partial charge in [-0.05, 0) is 22.3 Å². The van der Waals surface area contributed by atoms with Gasteiger partial charge in [-0.2, -0.15) is 0 Å². The van der Waals surface area contributed by atoms with Crippen LogP contribution >= 0.6 is 9.24 Å². The molecule has 0 saturated heterocycles. The number of hydrogen-bond acceptors (Lipinski definition) is 4. The smallest absolute Gasteiger partial charge is 0.156 e. The Balaban J connectivity index is 1.25. The summed E-state index contributed by atoms with van der Waals surface area (Å²) in [7, 11) is 2.95. The molecule has 4 nitrogen and oxygen atoms in total. The first-order valence-corrected chi connectivity index (χ1v) is 14.2. The lowest BCUT2D eigenvalue weighted by molar-refractivity contribution is 0.903. The molecule has 0 N–H and O–H groups in total. The topological polar surface area (TPSA) is 49.4 Å². The maximum Gasteiger partial charge on any atom is 0.156 e. The van der Waals surface area contributed by atoms with Crippen LogP contribution in [-0.4, -0.2) is 23.1 Å². The summed E-state index contributed by atoms with van der Waals surface area (Å²) in [5.74, 6) is 1.44. The standard InChI is InChI=1S/C36H27N4P/c41-36(30-19-11-4-12-20-30)33(27-17-9-3-10-18-27)39-35(40-36)29-23-21-28(22-24-29)34-37-31(25-13-5-1-6-14-25)32(38-34)26-15-7-2-8-16-26/h1-24,31H,41H2. The summed E-state index contributed by atoms with van der Waals surface area (Å²) < 4.78 is 0. The van der Waals surface area contributed by atoms with Gasteiger partial charge in [0.25, 0.3) is 0 Å². The number of rotatable bonds is 6. The fraction of sp³-hybridized carbons (Fsp3) is 0.0556. The van der Waals surface area contributed by atoms with Crippen molar-refractivity contribution in [3.8, 4) is 0 Å². The summed E-state index contributed by atoms with van der Waals surface area (Å²) in [5, 5.41) is -0.663. The minimum Gasteiger partial charge on any atom is -0.251 e. The van der Waals surface area contributed by atoms with E-state index in [0.717, 1.165) is 50.6 Å². The van der Waals surface area contributed by atoms with Crippen LogP contribution in [0.15, 0.2) is 166 Å². The zero-order valence-corrected chi connectivity index (χ0v) is 23.5. The van der Waals surface area contributed by atoms with Gasteiger partial charge in [-0.1, -0.05) is 155 Å². The molecule has 5 aromatic rings. The quantitative estimate of drug-likeness (QED) is 0.197. The molecule has 0 aromatic heterocycles. The molecule has 5 aromatic carbocycles. The van der Waals surface area contributed by atoms with Crippen molar-refractivity contribution in [1.82, 2.24) is 0 Å². The van der Waals surface area contributed by atoms with Crippen LogP contribution in [0.5, 0.6) is 0 Å². The first kappa shape index (κ1) is 25.2. The summed E-state index contributed by atoms with van der Waals surface area (Å²) in [4.78, 5) is 20.4. The maximum absolute atomic E-state index is 5.17. The molecular formula is C36H27N4P. The van der Waals surface area contributed by atoms with Gasteiger partial charge in [-0.3, -0.25) is 4.99 Å². The summed E-state index contributed by atoms with van der Waals surface area (Å²) in [5.41, 5.74) is 8.13. The van der Waals surface area contributed by atoms with Crippen molar-refractivity contribution in [2.24, 2.45) is 20.0 Å². The van der Waals surface area contributed by atoms with Crippen LogP contribution in [0.4, 0.5) is 0 Å². The molecule has 196 valence electrons. The van der Waals surface area contributed by atoms with Crippen molar-refractivity contribution in [3.05, 3.63) is 179 Å². The average Bonchev–Trinajstić information content (AvgIpc) is 3.66. The first-order chi connectivity index (χ1) is 20.2. The van der Waals surface area contributed by atoms with E-state index in [1.165, 1.54) is 0 Å². The van der Waals surface area contributed by atoms with Gasteiger partial charge in [0.05, 0.1) is 11.4 Å². The van der Waals surface area contributed by atoms with Crippen LogP contribution < -0.4 is 0 Å². The molecule has 5 heteroatoms. The van der Waals surface area contributed by atoms with Crippen molar-refractivity contribution >= 4 is 32.3 Å². The van der Waals surface area contributed by atoms with Gasteiger partial charge in [0.15, 0.2) is 11.7 Å². The van der Waals surface area contributed by atoms with Gasteiger partial charge in [-0.15, -0.1) is 0 Å². The number of benzene rings is 5. The average molecular weight is 547 g/mol.